The number of hydrogen-bond donors (Lipinski definition) is 1. The van der Waals surface area contributed by atoms with Crippen LogP contribution in [0.2, 0.25) is 0 Å². The van der Waals surface area contributed by atoms with Gasteiger partial charge in [0, 0.05) is 17.8 Å². The van der Waals surface area contributed by atoms with Crippen LogP contribution >= 0.6 is 24.0 Å². The molecule has 2 rings (SSSR count). The van der Waals surface area contributed by atoms with Gasteiger partial charge in [-0.2, -0.15) is 0 Å². The molecule has 0 saturated heterocycles. The standard InChI is InChI=1S/C9H7N3O2S2/c13-12(14)7-3-1-6(2-4-7)10-8-5-16-9(15)11-8/h1-4H,5H2,(H,10,11,15). The Morgan fingerprint density at radius 2 is 2.12 bits per heavy atom. The van der Waals surface area contributed by atoms with Crippen molar-refractivity contribution in [2.45, 2.75) is 0 Å². The summed E-state index contributed by atoms with van der Waals surface area (Å²) in [5.74, 6) is 1.50. The summed E-state index contributed by atoms with van der Waals surface area (Å²) in [5.41, 5.74) is 0.846. The van der Waals surface area contributed by atoms with E-state index < -0.39 is 4.92 Å². The molecule has 1 aromatic carbocycles. The molecular formula is C9H7N3O2S2. The van der Waals surface area contributed by atoms with Gasteiger partial charge in [0.2, 0.25) is 0 Å². The number of amidine groups is 1. The topological polar surface area (TPSA) is 67.5 Å². The zero-order valence-electron chi connectivity index (χ0n) is 8.04. The summed E-state index contributed by atoms with van der Waals surface area (Å²) in [4.78, 5) is 14.1. The largest absolute Gasteiger partial charge is 0.343 e. The molecule has 0 unspecified atom stereocenters. The van der Waals surface area contributed by atoms with Crippen LogP contribution < -0.4 is 5.32 Å². The van der Waals surface area contributed by atoms with Gasteiger partial charge >= 0.3 is 0 Å². The molecule has 0 atom stereocenters. The Hall–Kier alpha value is -1.47. The zero-order valence-corrected chi connectivity index (χ0v) is 9.68. The predicted octanol–water partition coefficient (Wildman–Crippen LogP) is 2.44. The van der Waals surface area contributed by atoms with E-state index in [1.165, 1.54) is 23.9 Å². The van der Waals surface area contributed by atoms with E-state index in [-0.39, 0.29) is 5.69 Å². The first-order valence-corrected chi connectivity index (χ1v) is 5.80. The van der Waals surface area contributed by atoms with Crippen molar-refractivity contribution in [3.05, 3.63) is 34.4 Å². The second-order valence-electron chi connectivity index (χ2n) is 3.04. The summed E-state index contributed by atoms with van der Waals surface area (Å²) < 4.78 is 0.615. The van der Waals surface area contributed by atoms with Gasteiger partial charge in [-0.05, 0) is 12.1 Å². The highest BCUT2D eigenvalue weighted by Crippen LogP contribution is 2.19. The summed E-state index contributed by atoms with van der Waals surface area (Å²) in [6.07, 6.45) is 0. The average molecular weight is 253 g/mol. The Morgan fingerprint density at radius 3 is 2.62 bits per heavy atom. The lowest BCUT2D eigenvalue weighted by Crippen LogP contribution is -2.11. The molecule has 0 radical (unpaired) electrons. The number of nitro benzene ring substituents is 1. The van der Waals surface area contributed by atoms with Gasteiger partial charge in [-0.15, -0.1) is 0 Å². The molecule has 0 saturated carbocycles. The van der Waals surface area contributed by atoms with Crippen molar-refractivity contribution in [2.24, 2.45) is 4.99 Å². The van der Waals surface area contributed by atoms with Gasteiger partial charge in [0.25, 0.3) is 5.69 Å². The molecule has 0 fully saturated rings. The molecule has 5 nitrogen and oxygen atoms in total. The van der Waals surface area contributed by atoms with E-state index in [0.29, 0.717) is 4.32 Å². The Kier molecular flexibility index (Phi) is 3.16. The number of nitrogens with one attached hydrogen (secondary N) is 1. The number of nitrogens with zero attached hydrogens (tertiary/aromatic N) is 2. The van der Waals surface area contributed by atoms with Crippen molar-refractivity contribution in [1.29, 1.82) is 0 Å². The number of aliphatic imine (C=N–C) groups is 1. The van der Waals surface area contributed by atoms with Gasteiger partial charge in [0.1, 0.15) is 5.84 Å². The minimum Gasteiger partial charge on any atom is -0.343 e. The Balaban J connectivity index is 2.08. The first-order chi connectivity index (χ1) is 7.65. The first kappa shape index (κ1) is 11.0. The molecule has 0 amide bonds. The maximum absolute atomic E-state index is 10.4. The van der Waals surface area contributed by atoms with Gasteiger partial charge in [-0.25, -0.2) is 4.99 Å². The van der Waals surface area contributed by atoms with Crippen LogP contribution in [0.4, 0.5) is 11.4 Å². The molecule has 1 aliphatic heterocycles. The molecular weight excluding hydrogens is 246 g/mol. The molecule has 16 heavy (non-hydrogen) atoms. The van der Waals surface area contributed by atoms with Crippen LogP contribution in [0, 0.1) is 10.1 Å². The Morgan fingerprint density at radius 1 is 1.44 bits per heavy atom. The monoisotopic (exact) mass is 253 g/mol. The van der Waals surface area contributed by atoms with Crippen LogP contribution in [0.3, 0.4) is 0 Å². The SMILES string of the molecule is O=[N+]([O-])c1ccc(NC2=NC(=S)SC2)cc1. The van der Waals surface area contributed by atoms with Crippen LogP contribution in [0.5, 0.6) is 0 Å². The molecule has 82 valence electrons. The molecule has 0 bridgehead atoms. The van der Waals surface area contributed by atoms with Gasteiger partial charge in [-0.3, -0.25) is 10.1 Å². The fourth-order valence-electron chi connectivity index (χ4n) is 1.20. The highest BCUT2D eigenvalue weighted by Gasteiger charge is 2.12. The fourth-order valence-corrected chi connectivity index (χ4v) is 2.06. The highest BCUT2D eigenvalue weighted by molar-refractivity contribution is 8.23. The van der Waals surface area contributed by atoms with Gasteiger partial charge in [0.05, 0.1) is 10.7 Å². The van der Waals surface area contributed by atoms with Crippen molar-refractivity contribution < 1.29 is 4.92 Å². The van der Waals surface area contributed by atoms with Crippen LogP contribution in [0.15, 0.2) is 29.3 Å². The fraction of sp³-hybridized carbons (Fsp3) is 0.111. The number of rotatable bonds is 2. The second kappa shape index (κ2) is 4.58. The number of hydrogen-bond acceptors (Lipinski definition) is 5. The number of anilines is 1. The normalized spacial score (nSPS) is 14.8. The van der Waals surface area contributed by atoms with E-state index in [9.17, 15) is 10.1 Å². The minimum absolute atomic E-state index is 0.0730. The van der Waals surface area contributed by atoms with Crippen LogP contribution in [-0.4, -0.2) is 20.8 Å². The van der Waals surface area contributed by atoms with Gasteiger partial charge in [-0.1, -0.05) is 24.0 Å². The molecule has 1 aromatic rings. The van der Waals surface area contributed by atoms with Crippen molar-refractivity contribution in [3.63, 3.8) is 0 Å². The molecule has 7 heteroatoms. The molecule has 0 spiro atoms. The molecule has 1 aliphatic rings. The number of nitro groups is 1. The minimum atomic E-state index is -0.429. The maximum atomic E-state index is 10.4. The molecule has 0 aliphatic carbocycles. The number of thiocarbonyl (C=S) groups is 1. The predicted molar refractivity (Wildman–Crippen MR) is 69.2 cm³/mol. The lowest BCUT2D eigenvalue weighted by atomic mass is 10.3. The number of non-ortho nitro benzene ring substituents is 1. The summed E-state index contributed by atoms with van der Waals surface area (Å²) in [6, 6.07) is 6.19. The number of benzene rings is 1. The first-order valence-electron chi connectivity index (χ1n) is 4.41. The molecule has 0 aromatic heterocycles. The van der Waals surface area contributed by atoms with E-state index in [4.69, 9.17) is 12.2 Å². The van der Waals surface area contributed by atoms with Crippen molar-refractivity contribution in [3.8, 4) is 0 Å². The van der Waals surface area contributed by atoms with E-state index in [0.717, 1.165) is 17.3 Å². The Bertz CT molecular complexity index is 470. The summed E-state index contributed by atoms with van der Waals surface area (Å²) in [7, 11) is 0. The lowest BCUT2D eigenvalue weighted by Gasteiger charge is -2.03. The average Bonchev–Trinajstić information content (AvgIpc) is 2.65. The van der Waals surface area contributed by atoms with Crippen molar-refractivity contribution >= 4 is 45.5 Å². The summed E-state index contributed by atoms with van der Waals surface area (Å²) in [5, 5.41) is 13.5. The smallest absolute Gasteiger partial charge is 0.269 e. The highest BCUT2D eigenvalue weighted by atomic mass is 32.2. The maximum Gasteiger partial charge on any atom is 0.269 e. The zero-order chi connectivity index (χ0) is 11.5. The summed E-state index contributed by atoms with van der Waals surface area (Å²) in [6.45, 7) is 0. The number of thioether (sulfide) groups is 1. The van der Waals surface area contributed by atoms with Crippen molar-refractivity contribution in [2.75, 3.05) is 11.1 Å². The van der Waals surface area contributed by atoms with E-state index >= 15 is 0 Å². The third kappa shape index (κ3) is 2.56. The van der Waals surface area contributed by atoms with E-state index in [2.05, 4.69) is 10.3 Å². The second-order valence-corrected chi connectivity index (χ2v) is 4.65. The third-order valence-electron chi connectivity index (χ3n) is 1.93. The van der Waals surface area contributed by atoms with Gasteiger partial charge in [0.15, 0.2) is 4.32 Å². The van der Waals surface area contributed by atoms with Crippen molar-refractivity contribution in [1.82, 2.24) is 0 Å². The van der Waals surface area contributed by atoms with Crippen LogP contribution in [0.1, 0.15) is 0 Å². The van der Waals surface area contributed by atoms with Crippen LogP contribution in [0.25, 0.3) is 0 Å². The van der Waals surface area contributed by atoms with E-state index in [1.54, 1.807) is 12.1 Å². The quantitative estimate of drug-likeness (QED) is 0.498. The third-order valence-corrected chi connectivity index (χ3v) is 3.13. The molecule has 1 N–H and O–H groups in total. The van der Waals surface area contributed by atoms with Crippen LogP contribution in [-0.2, 0) is 0 Å². The van der Waals surface area contributed by atoms with Gasteiger partial charge < -0.3 is 5.32 Å². The summed E-state index contributed by atoms with van der Waals surface area (Å²) >= 11 is 6.40. The Labute approximate surface area is 101 Å². The van der Waals surface area contributed by atoms with E-state index in [1.807, 2.05) is 0 Å². The lowest BCUT2D eigenvalue weighted by molar-refractivity contribution is -0.384. The molecule has 1 heterocycles.